The summed E-state index contributed by atoms with van der Waals surface area (Å²) in [4.78, 5) is 12.8. The van der Waals surface area contributed by atoms with Gasteiger partial charge in [-0.3, -0.25) is 0 Å². The molecule has 0 heterocycles. The van der Waals surface area contributed by atoms with Gasteiger partial charge in [0.1, 0.15) is 0 Å². The molecular formula is C5H11N5O. The molecule has 0 saturated carbocycles. The van der Waals surface area contributed by atoms with Crippen molar-refractivity contribution in [2.45, 2.75) is 19.4 Å². The third-order valence-corrected chi connectivity index (χ3v) is 1.01. The van der Waals surface area contributed by atoms with E-state index in [2.05, 4.69) is 15.3 Å². The molecule has 0 fully saturated rings. The number of nitrogens with one attached hydrogen (secondary N) is 1. The Kier molecular flexibility index (Phi) is 3.20. The largest absolute Gasteiger partial charge is 0.352 e. The van der Waals surface area contributed by atoms with E-state index in [1.54, 1.807) is 13.8 Å². The van der Waals surface area contributed by atoms with Crippen LogP contribution in [0.25, 0.3) is 10.4 Å². The minimum atomic E-state index is -0.621. The number of amides is 2. The maximum Gasteiger partial charge on any atom is 0.312 e. The van der Waals surface area contributed by atoms with Gasteiger partial charge in [-0.25, -0.2) is 4.79 Å². The minimum Gasteiger partial charge on any atom is -0.352 e. The third-order valence-electron chi connectivity index (χ3n) is 1.01. The lowest BCUT2D eigenvalue weighted by Crippen LogP contribution is -2.39. The first-order chi connectivity index (χ1) is 4.98. The van der Waals surface area contributed by atoms with Crippen LogP contribution >= 0.6 is 0 Å². The number of azide groups is 1. The first-order valence-corrected chi connectivity index (χ1v) is 3.07. The predicted molar refractivity (Wildman–Crippen MR) is 40.8 cm³/mol. The van der Waals surface area contributed by atoms with Crippen LogP contribution in [0.4, 0.5) is 4.79 Å². The summed E-state index contributed by atoms with van der Waals surface area (Å²) >= 11 is 0. The molecule has 6 heteroatoms. The van der Waals surface area contributed by atoms with Gasteiger partial charge in [0.15, 0.2) is 0 Å². The second kappa shape index (κ2) is 3.68. The Bertz CT molecular complexity index is 193. The Morgan fingerprint density at radius 1 is 1.82 bits per heavy atom. The standard InChI is InChI=1S/C5H11N5O/c1-5(2,9-10-7)3-8-4(6)11/h3H2,1-2H3,(H3,6,8,11). The van der Waals surface area contributed by atoms with E-state index in [9.17, 15) is 4.79 Å². The molecule has 0 unspecified atom stereocenters. The quantitative estimate of drug-likeness (QED) is 0.352. The zero-order valence-corrected chi connectivity index (χ0v) is 6.53. The molecule has 0 bridgehead atoms. The van der Waals surface area contributed by atoms with Crippen molar-refractivity contribution in [3.8, 4) is 0 Å². The molecule has 3 N–H and O–H groups in total. The second-order valence-corrected chi connectivity index (χ2v) is 2.72. The summed E-state index contributed by atoms with van der Waals surface area (Å²) in [5, 5.41) is 5.78. The number of nitrogens with zero attached hydrogens (tertiary/aromatic N) is 3. The zero-order chi connectivity index (χ0) is 8.91. The molecule has 11 heavy (non-hydrogen) atoms. The molecule has 62 valence electrons. The number of carbonyl (C=O) groups excluding carboxylic acids is 1. The van der Waals surface area contributed by atoms with E-state index >= 15 is 0 Å². The number of hydrogen-bond acceptors (Lipinski definition) is 2. The summed E-state index contributed by atoms with van der Waals surface area (Å²) in [5.74, 6) is 0. The summed E-state index contributed by atoms with van der Waals surface area (Å²) in [6.45, 7) is 3.64. The highest BCUT2D eigenvalue weighted by atomic mass is 16.2. The van der Waals surface area contributed by atoms with Crippen LogP contribution in [0, 0.1) is 0 Å². The van der Waals surface area contributed by atoms with Crippen molar-refractivity contribution in [3.63, 3.8) is 0 Å². The van der Waals surface area contributed by atoms with Crippen LogP contribution in [0.15, 0.2) is 5.11 Å². The van der Waals surface area contributed by atoms with Gasteiger partial charge in [-0.05, 0) is 5.53 Å². The number of carbonyl (C=O) groups is 1. The molecule has 0 aromatic carbocycles. The molecule has 0 rings (SSSR count). The molecular weight excluding hydrogens is 146 g/mol. The normalized spacial score (nSPS) is 10.0. The van der Waals surface area contributed by atoms with Crippen molar-refractivity contribution in [3.05, 3.63) is 10.4 Å². The van der Waals surface area contributed by atoms with E-state index in [-0.39, 0.29) is 6.54 Å². The van der Waals surface area contributed by atoms with E-state index in [0.29, 0.717) is 0 Å². The third kappa shape index (κ3) is 5.05. The maximum absolute atomic E-state index is 10.2. The summed E-state index contributed by atoms with van der Waals surface area (Å²) in [6.07, 6.45) is 0. The molecule has 0 radical (unpaired) electrons. The van der Waals surface area contributed by atoms with Crippen LogP contribution in [0.5, 0.6) is 0 Å². The van der Waals surface area contributed by atoms with Crippen molar-refractivity contribution < 1.29 is 4.79 Å². The molecule has 0 aliphatic heterocycles. The van der Waals surface area contributed by atoms with Gasteiger partial charge < -0.3 is 11.1 Å². The summed E-state index contributed by atoms with van der Waals surface area (Å²) in [6, 6.07) is -0.619. The first-order valence-electron chi connectivity index (χ1n) is 3.07. The Hall–Kier alpha value is -1.42. The van der Waals surface area contributed by atoms with Crippen LogP contribution in [0.2, 0.25) is 0 Å². The van der Waals surface area contributed by atoms with Gasteiger partial charge in [0, 0.05) is 11.5 Å². The summed E-state index contributed by atoms with van der Waals surface area (Å²) in [7, 11) is 0. The first kappa shape index (κ1) is 9.58. The monoisotopic (exact) mass is 157 g/mol. The van der Waals surface area contributed by atoms with Crippen LogP contribution < -0.4 is 11.1 Å². The minimum absolute atomic E-state index is 0.242. The maximum atomic E-state index is 10.2. The molecule has 2 amide bonds. The van der Waals surface area contributed by atoms with Crippen molar-refractivity contribution in [2.75, 3.05) is 6.54 Å². The van der Waals surface area contributed by atoms with Crippen LogP contribution in [0.1, 0.15) is 13.8 Å². The molecule has 0 atom stereocenters. The van der Waals surface area contributed by atoms with E-state index in [4.69, 9.17) is 11.3 Å². The average Bonchev–Trinajstić information content (AvgIpc) is 1.84. The lowest BCUT2D eigenvalue weighted by atomic mass is 10.1. The molecule has 0 aromatic rings. The Morgan fingerprint density at radius 3 is 2.73 bits per heavy atom. The predicted octanol–water partition coefficient (Wildman–Crippen LogP) is 0.744. The number of nitrogens with two attached hydrogens (primary N) is 1. The van der Waals surface area contributed by atoms with Gasteiger partial charge in [0.25, 0.3) is 0 Å². The number of urea groups is 1. The van der Waals surface area contributed by atoms with Gasteiger partial charge >= 0.3 is 6.03 Å². The van der Waals surface area contributed by atoms with Crippen molar-refractivity contribution in [1.82, 2.24) is 5.32 Å². The smallest absolute Gasteiger partial charge is 0.312 e. The van der Waals surface area contributed by atoms with E-state index in [1.807, 2.05) is 0 Å². The molecule has 0 aromatic heterocycles. The molecule has 0 aliphatic carbocycles. The highest BCUT2D eigenvalue weighted by Crippen LogP contribution is 2.06. The van der Waals surface area contributed by atoms with Gasteiger partial charge in [-0.15, -0.1) is 0 Å². The van der Waals surface area contributed by atoms with Crippen LogP contribution in [0.3, 0.4) is 0 Å². The average molecular weight is 157 g/mol. The van der Waals surface area contributed by atoms with Crippen molar-refractivity contribution in [2.24, 2.45) is 10.8 Å². The Morgan fingerprint density at radius 2 is 2.36 bits per heavy atom. The lowest BCUT2D eigenvalue weighted by Gasteiger charge is -2.16. The molecule has 6 nitrogen and oxygen atoms in total. The lowest BCUT2D eigenvalue weighted by molar-refractivity contribution is 0.246. The van der Waals surface area contributed by atoms with E-state index < -0.39 is 11.6 Å². The number of hydrogen-bond donors (Lipinski definition) is 2. The molecule has 0 saturated heterocycles. The van der Waals surface area contributed by atoms with Crippen molar-refractivity contribution in [1.29, 1.82) is 0 Å². The SMILES string of the molecule is CC(C)(CNC(N)=O)N=[N+]=[N-]. The Labute approximate surface area is 64.4 Å². The highest BCUT2D eigenvalue weighted by Gasteiger charge is 2.15. The topological polar surface area (TPSA) is 104 Å². The van der Waals surface area contributed by atoms with E-state index in [0.717, 1.165) is 0 Å². The van der Waals surface area contributed by atoms with Crippen LogP contribution in [-0.4, -0.2) is 18.1 Å². The van der Waals surface area contributed by atoms with Gasteiger partial charge in [0.2, 0.25) is 0 Å². The van der Waals surface area contributed by atoms with Gasteiger partial charge in [0.05, 0.1) is 5.54 Å². The number of rotatable bonds is 3. The van der Waals surface area contributed by atoms with Gasteiger partial charge in [-0.2, -0.15) is 0 Å². The van der Waals surface area contributed by atoms with Gasteiger partial charge in [-0.1, -0.05) is 19.0 Å². The molecule has 0 aliphatic rings. The zero-order valence-electron chi connectivity index (χ0n) is 6.53. The van der Waals surface area contributed by atoms with Crippen molar-refractivity contribution >= 4 is 6.03 Å². The molecule has 0 spiro atoms. The van der Waals surface area contributed by atoms with E-state index in [1.165, 1.54) is 0 Å². The highest BCUT2D eigenvalue weighted by molar-refractivity contribution is 5.71. The summed E-state index contributed by atoms with van der Waals surface area (Å²) in [5.41, 5.74) is 12.3. The van der Waals surface area contributed by atoms with Crippen LogP contribution in [-0.2, 0) is 0 Å². The fourth-order valence-electron chi connectivity index (χ4n) is 0.460. The Balaban J connectivity index is 3.91. The second-order valence-electron chi connectivity index (χ2n) is 2.72. The fraction of sp³-hybridized carbons (Fsp3) is 0.800. The fourth-order valence-corrected chi connectivity index (χ4v) is 0.460. The summed E-state index contributed by atoms with van der Waals surface area (Å²) < 4.78 is 0. The number of primary amides is 1.